The summed E-state index contributed by atoms with van der Waals surface area (Å²) in [6.45, 7) is 2.31. The molecule has 162 valence electrons. The Bertz CT molecular complexity index is 1200. The van der Waals surface area contributed by atoms with Gasteiger partial charge in [-0.3, -0.25) is 4.98 Å². The van der Waals surface area contributed by atoms with Gasteiger partial charge >= 0.3 is 6.03 Å². The molecule has 0 bridgehead atoms. The Morgan fingerprint density at radius 3 is 2.59 bits per heavy atom. The number of ether oxygens (including phenoxy) is 1. The molecule has 8 heteroatoms. The number of anilines is 2. The molecule has 0 fully saturated rings. The highest BCUT2D eigenvalue weighted by atomic mass is 16.5. The quantitative estimate of drug-likeness (QED) is 0.256. The standard InChI is InChI=1S/C24H23N5O3/c1-16-3-2-4-19(11-16)29-24(30)28-18-5-7-20(8-6-18)32-21-9-10-25-23(13-21)22-12-17(14-26-22)15-27-31/h2-14,26-27,31H,15H2,1H3,(H2,28,29,30). The van der Waals surface area contributed by atoms with E-state index >= 15 is 0 Å². The zero-order valence-corrected chi connectivity index (χ0v) is 17.4. The van der Waals surface area contributed by atoms with E-state index in [0.29, 0.717) is 23.7 Å². The van der Waals surface area contributed by atoms with Gasteiger partial charge in [0.05, 0.1) is 11.4 Å². The van der Waals surface area contributed by atoms with Gasteiger partial charge in [0, 0.05) is 36.4 Å². The van der Waals surface area contributed by atoms with Crippen LogP contribution in [-0.2, 0) is 6.54 Å². The summed E-state index contributed by atoms with van der Waals surface area (Å²) < 4.78 is 5.93. The van der Waals surface area contributed by atoms with E-state index in [9.17, 15) is 4.79 Å². The number of nitrogens with zero attached hydrogens (tertiary/aromatic N) is 1. The molecule has 32 heavy (non-hydrogen) atoms. The van der Waals surface area contributed by atoms with E-state index in [0.717, 1.165) is 28.2 Å². The van der Waals surface area contributed by atoms with Crippen LogP contribution >= 0.6 is 0 Å². The lowest BCUT2D eigenvalue weighted by Gasteiger charge is -2.10. The molecular weight excluding hydrogens is 406 g/mol. The highest BCUT2D eigenvalue weighted by Gasteiger charge is 2.07. The Kier molecular flexibility index (Phi) is 6.45. The van der Waals surface area contributed by atoms with Crippen molar-refractivity contribution >= 4 is 17.4 Å². The van der Waals surface area contributed by atoms with Crippen molar-refractivity contribution in [3.05, 3.63) is 90.3 Å². The molecular formula is C24H23N5O3. The molecule has 4 aromatic rings. The van der Waals surface area contributed by atoms with E-state index in [2.05, 4.69) is 26.1 Å². The van der Waals surface area contributed by atoms with Gasteiger partial charge in [-0.25, -0.2) is 10.3 Å². The fraction of sp³-hybridized carbons (Fsp3) is 0.0833. The summed E-state index contributed by atoms with van der Waals surface area (Å²) in [6.07, 6.45) is 3.47. The van der Waals surface area contributed by atoms with Gasteiger partial charge in [0.15, 0.2) is 0 Å². The lowest BCUT2D eigenvalue weighted by atomic mass is 10.2. The van der Waals surface area contributed by atoms with Crippen LogP contribution in [0.3, 0.4) is 0 Å². The lowest BCUT2D eigenvalue weighted by molar-refractivity contribution is 0.161. The van der Waals surface area contributed by atoms with Gasteiger partial charge < -0.3 is 25.6 Å². The third kappa shape index (κ3) is 5.51. The van der Waals surface area contributed by atoms with Crippen LogP contribution in [0.25, 0.3) is 11.4 Å². The first kappa shape index (κ1) is 21.1. The van der Waals surface area contributed by atoms with Crippen LogP contribution in [0.4, 0.5) is 16.2 Å². The van der Waals surface area contributed by atoms with Crippen LogP contribution in [0.2, 0.25) is 0 Å². The van der Waals surface area contributed by atoms with Crippen LogP contribution in [0.1, 0.15) is 11.1 Å². The number of H-pyrrole nitrogens is 1. The Hall–Kier alpha value is -4.14. The second-order valence-electron chi connectivity index (χ2n) is 7.21. The largest absolute Gasteiger partial charge is 0.457 e. The summed E-state index contributed by atoms with van der Waals surface area (Å²) in [5.41, 5.74) is 7.03. The Morgan fingerprint density at radius 1 is 1.00 bits per heavy atom. The van der Waals surface area contributed by atoms with E-state index in [4.69, 9.17) is 9.94 Å². The third-order valence-corrected chi connectivity index (χ3v) is 4.66. The number of rotatable bonds is 7. The fourth-order valence-electron chi connectivity index (χ4n) is 3.16. The number of pyridine rings is 1. The van der Waals surface area contributed by atoms with Crippen LogP contribution in [0.15, 0.2) is 79.1 Å². The number of aromatic amines is 1. The minimum Gasteiger partial charge on any atom is -0.457 e. The van der Waals surface area contributed by atoms with Gasteiger partial charge in [0.1, 0.15) is 11.5 Å². The molecule has 0 saturated carbocycles. The summed E-state index contributed by atoms with van der Waals surface area (Å²) in [7, 11) is 0. The fourth-order valence-corrected chi connectivity index (χ4v) is 3.16. The average Bonchev–Trinajstić information content (AvgIpc) is 3.24. The van der Waals surface area contributed by atoms with Crippen molar-refractivity contribution in [2.75, 3.05) is 10.6 Å². The molecule has 0 unspecified atom stereocenters. The molecule has 8 nitrogen and oxygen atoms in total. The first-order valence-corrected chi connectivity index (χ1v) is 10.0. The molecule has 0 aliphatic carbocycles. The maximum Gasteiger partial charge on any atom is 0.323 e. The maximum atomic E-state index is 12.2. The molecule has 2 aromatic carbocycles. The van der Waals surface area contributed by atoms with E-state index in [1.807, 2.05) is 43.3 Å². The van der Waals surface area contributed by atoms with Crippen molar-refractivity contribution in [3.8, 4) is 22.9 Å². The van der Waals surface area contributed by atoms with Crippen LogP contribution < -0.4 is 20.9 Å². The second-order valence-corrected chi connectivity index (χ2v) is 7.21. The van der Waals surface area contributed by atoms with Gasteiger partial charge in [-0.05, 0) is 66.6 Å². The predicted molar refractivity (Wildman–Crippen MR) is 123 cm³/mol. The van der Waals surface area contributed by atoms with Crippen molar-refractivity contribution in [1.29, 1.82) is 0 Å². The highest BCUT2D eigenvalue weighted by molar-refractivity contribution is 5.99. The lowest BCUT2D eigenvalue weighted by Crippen LogP contribution is -2.19. The molecule has 5 N–H and O–H groups in total. The number of benzene rings is 2. The zero-order valence-electron chi connectivity index (χ0n) is 17.4. The minimum atomic E-state index is -0.315. The van der Waals surface area contributed by atoms with Crippen LogP contribution in [0, 0.1) is 6.92 Å². The third-order valence-electron chi connectivity index (χ3n) is 4.66. The molecule has 2 amide bonds. The van der Waals surface area contributed by atoms with E-state index in [1.54, 1.807) is 42.7 Å². The molecule has 0 radical (unpaired) electrons. The maximum absolute atomic E-state index is 12.2. The Balaban J connectivity index is 1.37. The Labute approximate surface area is 185 Å². The number of hydrogen-bond acceptors (Lipinski definition) is 5. The molecule has 0 atom stereocenters. The molecule has 0 saturated heterocycles. The number of amides is 2. The molecule has 0 aliphatic rings. The first-order chi connectivity index (χ1) is 15.6. The van der Waals surface area contributed by atoms with Gasteiger partial charge in [-0.15, -0.1) is 0 Å². The number of hydroxylamine groups is 1. The smallest absolute Gasteiger partial charge is 0.323 e. The van der Waals surface area contributed by atoms with E-state index in [-0.39, 0.29) is 6.03 Å². The van der Waals surface area contributed by atoms with E-state index in [1.165, 1.54) is 0 Å². The summed E-state index contributed by atoms with van der Waals surface area (Å²) >= 11 is 0. The van der Waals surface area contributed by atoms with Crippen LogP contribution in [-0.4, -0.2) is 21.2 Å². The van der Waals surface area contributed by atoms with Crippen LogP contribution in [0.5, 0.6) is 11.5 Å². The number of aromatic nitrogens is 2. The first-order valence-electron chi connectivity index (χ1n) is 10.0. The number of nitrogens with one attached hydrogen (secondary N) is 4. The summed E-state index contributed by atoms with van der Waals surface area (Å²) in [5.74, 6) is 1.26. The van der Waals surface area contributed by atoms with Gasteiger partial charge in [-0.2, -0.15) is 0 Å². The van der Waals surface area contributed by atoms with Gasteiger partial charge in [0.25, 0.3) is 0 Å². The number of hydrogen-bond donors (Lipinski definition) is 5. The Morgan fingerprint density at radius 2 is 1.81 bits per heavy atom. The molecule has 4 rings (SSSR count). The predicted octanol–water partition coefficient (Wildman–Crippen LogP) is 5.30. The van der Waals surface area contributed by atoms with E-state index < -0.39 is 0 Å². The van der Waals surface area contributed by atoms with Crippen molar-refractivity contribution in [1.82, 2.24) is 15.4 Å². The van der Waals surface area contributed by atoms with Crippen molar-refractivity contribution in [3.63, 3.8) is 0 Å². The number of aryl methyl sites for hydroxylation is 1. The number of carbonyl (C=O) groups is 1. The highest BCUT2D eigenvalue weighted by Crippen LogP contribution is 2.26. The normalized spacial score (nSPS) is 10.6. The van der Waals surface area contributed by atoms with Crippen molar-refractivity contribution in [2.24, 2.45) is 0 Å². The molecule has 2 heterocycles. The second kappa shape index (κ2) is 9.78. The topological polar surface area (TPSA) is 111 Å². The molecule has 2 aromatic heterocycles. The molecule has 0 aliphatic heterocycles. The summed E-state index contributed by atoms with van der Waals surface area (Å²) in [4.78, 5) is 19.7. The summed E-state index contributed by atoms with van der Waals surface area (Å²) in [6, 6.07) is 19.9. The zero-order chi connectivity index (χ0) is 22.3. The average molecular weight is 429 g/mol. The van der Waals surface area contributed by atoms with Gasteiger partial charge in [-0.1, -0.05) is 12.1 Å². The SMILES string of the molecule is Cc1cccc(NC(=O)Nc2ccc(Oc3ccnc(-c4cc(CNO)c[nH]4)c3)cc2)c1. The molecule has 0 spiro atoms. The number of urea groups is 1. The summed E-state index contributed by atoms with van der Waals surface area (Å²) in [5, 5.41) is 14.4. The monoisotopic (exact) mass is 429 g/mol. The van der Waals surface area contributed by atoms with Crippen molar-refractivity contribution in [2.45, 2.75) is 13.5 Å². The van der Waals surface area contributed by atoms with Gasteiger partial charge in [0.2, 0.25) is 0 Å². The number of carbonyl (C=O) groups excluding carboxylic acids is 1. The minimum absolute atomic E-state index is 0.315. The van der Waals surface area contributed by atoms with Crippen molar-refractivity contribution < 1.29 is 14.7 Å².